The van der Waals surface area contributed by atoms with Gasteiger partial charge in [0.1, 0.15) is 0 Å². The van der Waals surface area contributed by atoms with E-state index in [-0.39, 0.29) is 5.91 Å². The van der Waals surface area contributed by atoms with Gasteiger partial charge in [-0.2, -0.15) is 0 Å². The molecule has 0 saturated heterocycles. The molecule has 4 heteroatoms. The number of carbonyl (C=O) groups is 1. The molecule has 2 N–H and O–H groups in total. The van der Waals surface area contributed by atoms with Crippen LogP contribution in [0, 0.1) is 0 Å². The molecule has 1 aliphatic heterocycles. The van der Waals surface area contributed by atoms with E-state index in [0.717, 1.165) is 42.6 Å². The summed E-state index contributed by atoms with van der Waals surface area (Å²) >= 11 is 0. The summed E-state index contributed by atoms with van der Waals surface area (Å²) in [5.74, 6) is -0.0165. The van der Waals surface area contributed by atoms with Gasteiger partial charge < -0.3 is 10.6 Å². The standard InChI is InChI=1S/C17H19N3O/c21-17(20-9-6-13-4-2-1-3-5-13)16-12-19-11-14-10-18-8-7-15(14)16/h1-5,11-12,18H,6-10H2,(H,20,21). The Balaban J connectivity index is 1.63. The largest absolute Gasteiger partial charge is 0.352 e. The van der Waals surface area contributed by atoms with E-state index >= 15 is 0 Å². The van der Waals surface area contributed by atoms with Gasteiger partial charge in [0, 0.05) is 25.5 Å². The van der Waals surface area contributed by atoms with Gasteiger partial charge in [-0.3, -0.25) is 9.78 Å². The number of carbonyl (C=O) groups excluding carboxylic acids is 1. The van der Waals surface area contributed by atoms with Crippen LogP contribution in [0.15, 0.2) is 42.7 Å². The number of rotatable bonds is 4. The Hall–Kier alpha value is -2.20. The predicted octanol–water partition coefficient (Wildman–Crippen LogP) is 1.70. The second kappa shape index (κ2) is 6.50. The van der Waals surface area contributed by atoms with Crippen LogP contribution >= 0.6 is 0 Å². The third kappa shape index (κ3) is 3.28. The van der Waals surface area contributed by atoms with Crippen LogP contribution in [0.4, 0.5) is 0 Å². The van der Waals surface area contributed by atoms with Crippen LogP contribution in [0.1, 0.15) is 27.0 Å². The topological polar surface area (TPSA) is 54.0 Å². The van der Waals surface area contributed by atoms with E-state index in [0.29, 0.717) is 6.54 Å². The molecule has 1 aromatic carbocycles. The first-order chi connectivity index (χ1) is 10.3. The molecule has 0 atom stereocenters. The minimum atomic E-state index is -0.0165. The summed E-state index contributed by atoms with van der Waals surface area (Å²) in [6.45, 7) is 2.36. The van der Waals surface area contributed by atoms with Crippen molar-refractivity contribution in [3.8, 4) is 0 Å². The summed E-state index contributed by atoms with van der Waals surface area (Å²) in [6.07, 6.45) is 5.26. The molecule has 1 aromatic heterocycles. The molecule has 0 saturated carbocycles. The average Bonchev–Trinajstić information content (AvgIpc) is 2.55. The van der Waals surface area contributed by atoms with Gasteiger partial charge in [-0.25, -0.2) is 0 Å². The SMILES string of the molecule is O=C(NCCc1ccccc1)c1cncc2c1CCNC2. The molecule has 0 bridgehead atoms. The number of fused-ring (bicyclic) bond motifs is 1. The zero-order valence-corrected chi connectivity index (χ0v) is 11.9. The highest BCUT2D eigenvalue weighted by Gasteiger charge is 2.17. The van der Waals surface area contributed by atoms with Crippen molar-refractivity contribution >= 4 is 5.91 Å². The van der Waals surface area contributed by atoms with E-state index in [2.05, 4.69) is 27.8 Å². The summed E-state index contributed by atoms with van der Waals surface area (Å²) in [5, 5.41) is 6.30. The molecule has 2 aromatic rings. The summed E-state index contributed by atoms with van der Waals surface area (Å²) in [5.41, 5.74) is 4.23. The molecule has 1 amide bonds. The lowest BCUT2D eigenvalue weighted by molar-refractivity contribution is 0.0952. The molecule has 4 nitrogen and oxygen atoms in total. The molecule has 0 unspecified atom stereocenters. The molecule has 21 heavy (non-hydrogen) atoms. The van der Waals surface area contributed by atoms with Crippen molar-refractivity contribution in [3.05, 3.63) is 65.0 Å². The first-order valence-electron chi connectivity index (χ1n) is 7.33. The third-order valence-electron chi connectivity index (χ3n) is 3.80. The fourth-order valence-electron chi connectivity index (χ4n) is 2.67. The van der Waals surface area contributed by atoms with Crippen molar-refractivity contribution in [2.75, 3.05) is 13.1 Å². The highest BCUT2D eigenvalue weighted by Crippen LogP contribution is 2.17. The fourth-order valence-corrected chi connectivity index (χ4v) is 2.67. The maximum Gasteiger partial charge on any atom is 0.253 e. The van der Waals surface area contributed by atoms with E-state index in [1.54, 1.807) is 6.20 Å². The second-order valence-electron chi connectivity index (χ2n) is 5.24. The lowest BCUT2D eigenvalue weighted by Crippen LogP contribution is -2.30. The highest BCUT2D eigenvalue weighted by atomic mass is 16.1. The number of hydrogen-bond donors (Lipinski definition) is 2. The first-order valence-corrected chi connectivity index (χ1v) is 7.33. The molecule has 3 rings (SSSR count). The zero-order chi connectivity index (χ0) is 14.5. The van der Waals surface area contributed by atoms with Crippen LogP contribution in [-0.4, -0.2) is 24.0 Å². The summed E-state index contributed by atoms with van der Waals surface area (Å²) in [6, 6.07) is 10.2. The lowest BCUT2D eigenvalue weighted by Gasteiger charge is -2.19. The fraction of sp³-hybridized carbons (Fsp3) is 0.294. The minimum absolute atomic E-state index is 0.0165. The van der Waals surface area contributed by atoms with Gasteiger partial charge in [-0.1, -0.05) is 30.3 Å². The molecule has 108 valence electrons. The van der Waals surface area contributed by atoms with Crippen molar-refractivity contribution in [2.24, 2.45) is 0 Å². The monoisotopic (exact) mass is 281 g/mol. The number of aromatic nitrogens is 1. The zero-order valence-electron chi connectivity index (χ0n) is 11.9. The maximum absolute atomic E-state index is 12.3. The number of nitrogens with one attached hydrogen (secondary N) is 2. The van der Waals surface area contributed by atoms with Crippen LogP contribution in [0.2, 0.25) is 0 Å². The van der Waals surface area contributed by atoms with Crippen molar-refractivity contribution in [1.29, 1.82) is 0 Å². The smallest absolute Gasteiger partial charge is 0.253 e. The lowest BCUT2D eigenvalue weighted by atomic mass is 9.98. The first kappa shape index (κ1) is 13.8. The number of hydrogen-bond acceptors (Lipinski definition) is 3. The van der Waals surface area contributed by atoms with Gasteiger partial charge in [-0.05, 0) is 36.1 Å². The normalized spacial score (nSPS) is 13.5. The Labute approximate surface area is 124 Å². The third-order valence-corrected chi connectivity index (χ3v) is 3.80. The number of amides is 1. The number of pyridine rings is 1. The van der Waals surface area contributed by atoms with Gasteiger partial charge >= 0.3 is 0 Å². The van der Waals surface area contributed by atoms with Gasteiger partial charge in [0.25, 0.3) is 5.91 Å². The quantitative estimate of drug-likeness (QED) is 0.897. The van der Waals surface area contributed by atoms with Crippen molar-refractivity contribution in [2.45, 2.75) is 19.4 Å². The molecule has 1 aliphatic rings. The molecule has 0 aliphatic carbocycles. The Morgan fingerprint density at radius 2 is 2.10 bits per heavy atom. The Morgan fingerprint density at radius 3 is 2.95 bits per heavy atom. The van der Waals surface area contributed by atoms with Crippen molar-refractivity contribution in [3.63, 3.8) is 0 Å². The van der Waals surface area contributed by atoms with Crippen LogP contribution in [0.25, 0.3) is 0 Å². The van der Waals surface area contributed by atoms with Gasteiger partial charge in [0.05, 0.1) is 5.56 Å². The Kier molecular flexibility index (Phi) is 4.26. The maximum atomic E-state index is 12.3. The molecule has 2 heterocycles. The second-order valence-corrected chi connectivity index (χ2v) is 5.24. The Morgan fingerprint density at radius 1 is 1.24 bits per heavy atom. The van der Waals surface area contributed by atoms with Crippen LogP contribution in [0.3, 0.4) is 0 Å². The Bertz CT molecular complexity index is 625. The van der Waals surface area contributed by atoms with Crippen molar-refractivity contribution in [1.82, 2.24) is 15.6 Å². The molecule has 0 spiro atoms. The number of benzene rings is 1. The predicted molar refractivity (Wildman–Crippen MR) is 82.1 cm³/mol. The molecule has 0 radical (unpaired) electrons. The molecular formula is C17H19N3O. The highest BCUT2D eigenvalue weighted by molar-refractivity contribution is 5.95. The van der Waals surface area contributed by atoms with E-state index in [1.165, 1.54) is 5.56 Å². The average molecular weight is 281 g/mol. The van der Waals surface area contributed by atoms with E-state index in [1.807, 2.05) is 24.4 Å². The molecular weight excluding hydrogens is 262 g/mol. The summed E-state index contributed by atoms with van der Waals surface area (Å²) < 4.78 is 0. The number of nitrogens with zero attached hydrogens (tertiary/aromatic N) is 1. The van der Waals surface area contributed by atoms with Crippen LogP contribution in [0.5, 0.6) is 0 Å². The van der Waals surface area contributed by atoms with E-state index in [9.17, 15) is 4.79 Å². The van der Waals surface area contributed by atoms with Gasteiger partial charge in [-0.15, -0.1) is 0 Å². The summed E-state index contributed by atoms with van der Waals surface area (Å²) in [4.78, 5) is 16.5. The van der Waals surface area contributed by atoms with E-state index < -0.39 is 0 Å². The van der Waals surface area contributed by atoms with Crippen LogP contribution < -0.4 is 10.6 Å². The van der Waals surface area contributed by atoms with Gasteiger partial charge in [0.15, 0.2) is 0 Å². The van der Waals surface area contributed by atoms with Gasteiger partial charge in [0.2, 0.25) is 0 Å². The van der Waals surface area contributed by atoms with Crippen LogP contribution in [-0.2, 0) is 19.4 Å². The molecule has 0 fully saturated rings. The summed E-state index contributed by atoms with van der Waals surface area (Å²) in [7, 11) is 0. The van der Waals surface area contributed by atoms with Crippen molar-refractivity contribution < 1.29 is 4.79 Å². The van der Waals surface area contributed by atoms with E-state index in [4.69, 9.17) is 0 Å². The minimum Gasteiger partial charge on any atom is -0.352 e.